The van der Waals surface area contributed by atoms with E-state index in [0.29, 0.717) is 11.5 Å². The first-order valence-electron chi connectivity index (χ1n) is 7.79. The molecule has 0 spiro atoms. The number of para-hydroxylation sites is 1. The number of hydrogen-bond donors (Lipinski definition) is 3. The van der Waals surface area contributed by atoms with Crippen LogP contribution in [-0.4, -0.2) is 31.0 Å². The average Bonchev–Trinajstić information content (AvgIpc) is 2.54. The van der Waals surface area contributed by atoms with Gasteiger partial charge in [0.25, 0.3) is 0 Å². The quantitative estimate of drug-likeness (QED) is 0.672. The van der Waals surface area contributed by atoms with Crippen molar-refractivity contribution in [1.29, 1.82) is 0 Å². The van der Waals surface area contributed by atoms with Crippen LogP contribution in [0.3, 0.4) is 0 Å². The number of ether oxygens (including phenoxy) is 1. The third kappa shape index (κ3) is 6.15. The number of urea groups is 1. The molecular weight excluding hydrogens is 320 g/mol. The van der Waals surface area contributed by atoms with Gasteiger partial charge in [0.1, 0.15) is 11.5 Å². The minimum absolute atomic E-state index is 0.0515. The van der Waals surface area contributed by atoms with Gasteiger partial charge in [0.05, 0.1) is 12.5 Å². The second-order valence-electron chi connectivity index (χ2n) is 5.68. The smallest absolute Gasteiger partial charge is 0.312 e. The molecule has 3 amide bonds. The number of hydrazine groups is 1. The lowest BCUT2D eigenvalue weighted by Crippen LogP contribution is -2.40. The molecule has 0 aliphatic heterocycles. The van der Waals surface area contributed by atoms with Crippen molar-refractivity contribution < 1.29 is 14.3 Å². The molecule has 0 aliphatic carbocycles. The largest absolute Gasteiger partial charge is 0.457 e. The number of nitrogens with one attached hydrogen (secondary N) is 2. The molecule has 25 heavy (non-hydrogen) atoms. The Morgan fingerprint density at radius 1 is 1.08 bits per heavy atom. The van der Waals surface area contributed by atoms with Crippen LogP contribution in [0.2, 0.25) is 0 Å². The Morgan fingerprint density at radius 3 is 2.40 bits per heavy atom. The van der Waals surface area contributed by atoms with Gasteiger partial charge in [0.2, 0.25) is 5.91 Å². The number of hydrogen-bond acceptors (Lipinski definition) is 4. The van der Waals surface area contributed by atoms with Crippen molar-refractivity contribution in [1.82, 2.24) is 15.8 Å². The highest BCUT2D eigenvalue weighted by Crippen LogP contribution is 2.25. The van der Waals surface area contributed by atoms with Crippen LogP contribution >= 0.6 is 0 Å². The molecule has 0 fully saturated rings. The van der Waals surface area contributed by atoms with E-state index in [2.05, 4.69) is 10.7 Å². The summed E-state index contributed by atoms with van der Waals surface area (Å²) >= 11 is 0. The molecule has 7 nitrogen and oxygen atoms in total. The fourth-order valence-corrected chi connectivity index (χ4v) is 2.32. The summed E-state index contributed by atoms with van der Waals surface area (Å²) in [4.78, 5) is 23.3. The Kier molecular flexibility index (Phi) is 6.36. The van der Waals surface area contributed by atoms with Gasteiger partial charge in [-0.25, -0.2) is 9.80 Å². The second-order valence-corrected chi connectivity index (χ2v) is 5.68. The van der Waals surface area contributed by atoms with Gasteiger partial charge in [-0.1, -0.05) is 30.3 Å². The van der Waals surface area contributed by atoms with E-state index in [1.54, 1.807) is 43.4 Å². The standard InChI is InChI=1S/C18H22N4O3/c1-22(2)21-17(23)12-16(20-18(19)24)13-7-6-10-15(11-13)25-14-8-4-3-5-9-14/h3-11,16H,12H2,1-2H3,(H,21,23)(H3,19,20,24)/t16-/m0/s1. The number of benzene rings is 2. The molecule has 1 atom stereocenters. The molecular formula is C18H22N4O3. The molecule has 2 aromatic rings. The third-order valence-corrected chi connectivity index (χ3v) is 3.29. The van der Waals surface area contributed by atoms with Gasteiger partial charge >= 0.3 is 6.03 Å². The summed E-state index contributed by atoms with van der Waals surface area (Å²) in [5.41, 5.74) is 8.61. The van der Waals surface area contributed by atoms with Crippen molar-refractivity contribution in [3.05, 3.63) is 60.2 Å². The first kappa shape index (κ1) is 18.3. The fraction of sp³-hybridized carbons (Fsp3) is 0.222. The first-order chi connectivity index (χ1) is 11.9. The van der Waals surface area contributed by atoms with Crippen molar-refractivity contribution in [2.45, 2.75) is 12.5 Å². The van der Waals surface area contributed by atoms with Crippen molar-refractivity contribution in [2.24, 2.45) is 5.73 Å². The molecule has 0 heterocycles. The number of carbonyl (C=O) groups is 2. The number of nitrogens with two attached hydrogens (primary N) is 1. The zero-order chi connectivity index (χ0) is 18.2. The summed E-state index contributed by atoms with van der Waals surface area (Å²) in [5, 5.41) is 4.14. The van der Waals surface area contributed by atoms with Crippen LogP contribution in [0.15, 0.2) is 54.6 Å². The predicted molar refractivity (Wildman–Crippen MR) is 94.9 cm³/mol. The Morgan fingerprint density at radius 2 is 1.76 bits per heavy atom. The Hall–Kier alpha value is -3.06. The summed E-state index contributed by atoms with van der Waals surface area (Å²) < 4.78 is 5.79. The van der Waals surface area contributed by atoms with Crippen LogP contribution in [0.25, 0.3) is 0 Å². The van der Waals surface area contributed by atoms with Crippen molar-refractivity contribution in [3.63, 3.8) is 0 Å². The molecule has 0 aromatic heterocycles. The minimum atomic E-state index is -0.697. The number of primary amides is 1. The molecule has 2 aromatic carbocycles. The lowest BCUT2D eigenvalue weighted by atomic mass is 10.0. The molecule has 0 aliphatic rings. The number of rotatable bonds is 7. The summed E-state index contributed by atoms with van der Waals surface area (Å²) in [5.74, 6) is 1.07. The van der Waals surface area contributed by atoms with E-state index in [4.69, 9.17) is 10.5 Å². The summed E-state index contributed by atoms with van der Waals surface area (Å²) in [6, 6.07) is 15.3. The SMILES string of the molecule is CN(C)NC(=O)C[C@H](NC(N)=O)c1cccc(Oc2ccccc2)c1. The lowest BCUT2D eigenvalue weighted by molar-refractivity contribution is -0.125. The topological polar surface area (TPSA) is 96.7 Å². The molecule has 2 rings (SSSR count). The highest BCUT2D eigenvalue weighted by Gasteiger charge is 2.18. The van der Waals surface area contributed by atoms with Crippen LogP contribution in [0, 0.1) is 0 Å². The maximum absolute atomic E-state index is 12.0. The van der Waals surface area contributed by atoms with E-state index in [1.807, 2.05) is 30.3 Å². The van der Waals surface area contributed by atoms with Gasteiger partial charge < -0.3 is 15.8 Å². The van der Waals surface area contributed by atoms with Gasteiger partial charge in [0.15, 0.2) is 0 Å². The van der Waals surface area contributed by atoms with Crippen LogP contribution in [0.4, 0.5) is 4.79 Å². The van der Waals surface area contributed by atoms with E-state index in [9.17, 15) is 9.59 Å². The van der Waals surface area contributed by atoms with E-state index in [1.165, 1.54) is 0 Å². The van der Waals surface area contributed by atoms with Gasteiger partial charge in [-0.15, -0.1) is 0 Å². The summed E-state index contributed by atoms with van der Waals surface area (Å²) in [7, 11) is 3.42. The Bertz CT molecular complexity index is 719. The predicted octanol–water partition coefficient (Wildman–Crippen LogP) is 2.17. The molecule has 0 saturated carbocycles. The van der Waals surface area contributed by atoms with E-state index < -0.39 is 12.1 Å². The maximum Gasteiger partial charge on any atom is 0.312 e. The van der Waals surface area contributed by atoms with Gasteiger partial charge in [0, 0.05) is 14.1 Å². The molecule has 0 radical (unpaired) electrons. The zero-order valence-corrected chi connectivity index (χ0v) is 14.2. The molecule has 0 saturated heterocycles. The molecule has 7 heteroatoms. The lowest BCUT2D eigenvalue weighted by Gasteiger charge is -2.20. The monoisotopic (exact) mass is 342 g/mol. The number of amides is 3. The van der Waals surface area contributed by atoms with Crippen LogP contribution in [0.1, 0.15) is 18.0 Å². The highest BCUT2D eigenvalue weighted by molar-refractivity contribution is 5.78. The molecule has 0 bridgehead atoms. The van der Waals surface area contributed by atoms with E-state index in [0.717, 1.165) is 5.56 Å². The van der Waals surface area contributed by atoms with Crippen molar-refractivity contribution >= 4 is 11.9 Å². The van der Waals surface area contributed by atoms with Gasteiger partial charge in [-0.05, 0) is 29.8 Å². The summed E-state index contributed by atoms with van der Waals surface area (Å²) in [6.07, 6.45) is 0.0515. The number of carbonyl (C=O) groups excluding carboxylic acids is 2. The van der Waals surface area contributed by atoms with Crippen LogP contribution in [0.5, 0.6) is 11.5 Å². The molecule has 132 valence electrons. The molecule has 0 unspecified atom stereocenters. The minimum Gasteiger partial charge on any atom is -0.457 e. The fourth-order valence-electron chi connectivity index (χ4n) is 2.32. The maximum atomic E-state index is 12.0. The average molecular weight is 342 g/mol. The van der Waals surface area contributed by atoms with Crippen LogP contribution in [-0.2, 0) is 4.79 Å². The summed E-state index contributed by atoms with van der Waals surface area (Å²) in [6.45, 7) is 0. The Balaban J connectivity index is 2.17. The zero-order valence-electron chi connectivity index (χ0n) is 14.2. The third-order valence-electron chi connectivity index (χ3n) is 3.29. The first-order valence-corrected chi connectivity index (χ1v) is 7.79. The normalized spacial score (nSPS) is 11.6. The second kappa shape index (κ2) is 8.70. The van der Waals surface area contributed by atoms with Crippen LogP contribution < -0.4 is 21.2 Å². The number of nitrogens with zero attached hydrogens (tertiary/aromatic N) is 1. The van der Waals surface area contributed by atoms with Gasteiger partial charge in [-0.3, -0.25) is 10.2 Å². The Labute approximate surface area is 146 Å². The highest BCUT2D eigenvalue weighted by atomic mass is 16.5. The van der Waals surface area contributed by atoms with E-state index in [-0.39, 0.29) is 12.3 Å². The van der Waals surface area contributed by atoms with E-state index >= 15 is 0 Å². The van der Waals surface area contributed by atoms with Crippen molar-refractivity contribution in [3.8, 4) is 11.5 Å². The van der Waals surface area contributed by atoms with Crippen molar-refractivity contribution in [2.75, 3.05) is 14.1 Å². The molecule has 4 N–H and O–H groups in total. The van der Waals surface area contributed by atoms with Gasteiger partial charge in [-0.2, -0.15) is 0 Å².